The normalized spacial score (nSPS) is 21.6. The van der Waals surface area contributed by atoms with Crippen LogP contribution in [0, 0.1) is 5.92 Å². The maximum Gasteiger partial charge on any atom is 0.310 e. The van der Waals surface area contributed by atoms with Crippen LogP contribution >= 0.6 is 0 Å². The van der Waals surface area contributed by atoms with Crippen LogP contribution in [-0.2, 0) is 14.9 Å². The van der Waals surface area contributed by atoms with Gasteiger partial charge in [-0.3, -0.25) is 9.69 Å². The summed E-state index contributed by atoms with van der Waals surface area (Å²) >= 11 is 0. The molecule has 1 fully saturated rings. The van der Waals surface area contributed by atoms with Crippen LogP contribution in [0.1, 0.15) is 65.2 Å². The van der Waals surface area contributed by atoms with Gasteiger partial charge in [-0.15, -0.1) is 0 Å². The second kappa shape index (κ2) is 6.77. The van der Waals surface area contributed by atoms with Crippen LogP contribution in [0.5, 0.6) is 0 Å². The molecule has 0 N–H and O–H groups in total. The third-order valence-electron chi connectivity index (χ3n) is 4.09. The highest BCUT2D eigenvalue weighted by molar-refractivity contribution is 5.72. The molecular weight excluding hydrogens is 282 g/mol. The molecule has 0 spiro atoms. The van der Waals surface area contributed by atoms with Crippen molar-refractivity contribution in [2.75, 3.05) is 19.7 Å². The molecule has 0 unspecified atom stereocenters. The molecule has 2 rings (SSSR count). The van der Waals surface area contributed by atoms with Crippen LogP contribution in [0.2, 0.25) is 0 Å². The molecule has 0 amide bonds. The zero-order chi connectivity index (χ0) is 16.3. The van der Waals surface area contributed by atoms with Gasteiger partial charge in [0.15, 0.2) is 5.82 Å². The highest BCUT2D eigenvalue weighted by atomic mass is 16.5. The Hall–Kier alpha value is -1.43. The first-order chi connectivity index (χ1) is 10.3. The van der Waals surface area contributed by atoms with Gasteiger partial charge in [-0.2, -0.15) is 4.98 Å². The Morgan fingerprint density at radius 1 is 1.50 bits per heavy atom. The van der Waals surface area contributed by atoms with Gasteiger partial charge in [0, 0.05) is 12.0 Å². The van der Waals surface area contributed by atoms with E-state index >= 15 is 0 Å². The van der Waals surface area contributed by atoms with Gasteiger partial charge < -0.3 is 9.26 Å². The molecule has 6 nitrogen and oxygen atoms in total. The number of aromatic nitrogens is 2. The summed E-state index contributed by atoms with van der Waals surface area (Å²) in [4.78, 5) is 18.7. The quantitative estimate of drug-likeness (QED) is 0.797. The van der Waals surface area contributed by atoms with Crippen LogP contribution in [0.4, 0.5) is 0 Å². The summed E-state index contributed by atoms with van der Waals surface area (Å²) in [5, 5.41) is 4.08. The molecule has 0 radical (unpaired) electrons. The fraction of sp³-hybridized carbons (Fsp3) is 0.812. The number of ether oxygens (including phenoxy) is 1. The fourth-order valence-electron chi connectivity index (χ4n) is 2.68. The first-order valence-electron chi connectivity index (χ1n) is 8.07. The van der Waals surface area contributed by atoms with Crippen LogP contribution in [-0.4, -0.2) is 40.7 Å². The minimum atomic E-state index is -0.128. The lowest BCUT2D eigenvalue weighted by Crippen LogP contribution is -2.40. The number of hydrogen-bond acceptors (Lipinski definition) is 6. The van der Waals surface area contributed by atoms with E-state index in [4.69, 9.17) is 9.26 Å². The highest BCUT2D eigenvalue weighted by Crippen LogP contribution is 2.28. The molecule has 2 heterocycles. The van der Waals surface area contributed by atoms with Crippen LogP contribution in [0.3, 0.4) is 0 Å². The van der Waals surface area contributed by atoms with Crippen molar-refractivity contribution in [3.05, 3.63) is 11.7 Å². The number of piperidine rings is 1. The van der Waals surface area contributed by atoms with Gasteiger partial charge in [-0.1, -0.05) is 25.9 Å². The van der Waals surface area contributed by atoms with Crippen LogP contribution in [0.25, 0.3) is 0 Å². The summed E-state index contributed by atoms with van der Waals surface area (Å²) in [5.41, 5.74) is -0.128. The Kier molecular flexibility index (Phi) is 5.21. The standard InChI is InChI=1S/C16H27N3O3/c1-6-21-14(20)12-8-7-9-19(10-12)11(2)13-17-15(18-22-13)16(3,4)5/h11-12H,6-10H2,1-5H3/t11-,12+/m1/s1. The average molecular weight is 309 g/mol. The van der Waals surface area contributed by atoms with E-state index in [1.54, 1.807) is 0 Å². The SMILES string of the molecule is CCOC(=O)[C@H]1CCCN([C@H](C)c2nc(C(C)(C)C)no2)C1. The maximum absolute atomic E-state index is 11.9. The molecule has 0 aromatic carbocycles. The monoisotopic (exact) mass is 309 g/mol. The topological polar surface area (TPSA) is 68.5 Å². The van der Waals surface area contributed by atoms with Crippen LogP contribution < -0.4 is 0 Å². The molecule has 1 saturated heterocycles. The van der Waals surface area contributed by atoms with Gasteiger partial charge in [-0.25, -0.2) is 0 Å². The van der Waals surface area contributed by atoms with E-state index in [1.165, 1.54) is 0 Å². The number of esters is 1. The Balaban J connectivity index is 2.04. The maximum atomic E-state index is 11.9. The van der Waals surface area contributed by atoms with Crippen molar-refractivity contribution in [2.24, 2.45) is 5.92 Å². The van der Waals surface area contributed by atoms with Gasteiger partial charge in [0.1, 0.15) is 0 Å². The average Bonchev–Trinajstić information content (AvgIpc) is 2.97. The zero-order valence-corrected chi connectivity index (χ0v) is 14.3. The van der Waals surface area contributed by atoms with Crippen molar-refractivity contribution in [1.29, 1.82) is 0 Å². The van der Waals surface area contributed by atoms with E-state index in [0.29, 0.717) is 24.9 Å². The Labute approximate surface area is 132 Å². The number of carbonyl (C=O) groups excluding carboxylic acids is 1. The van der Waals surface area contributed by atoms with Crippen molar-refractivity contribution in [3.63, 3.8) is 0 Å². The summed E-state index contributed by atoms with van der Waals surface area (Å²) in [6, 6.07) is 0.0147. The third kappa shape index (κ3) is 3.85. The first-order valence-corrected chi connectivity index (χ1v) is 8.07. The molecule has 22 heavy (non-hydrogen) atoms. The minimum absolute atomic E-state index is 0.0147. The van der Waals surface area contributed by atoms with Gasteiger partial charge in [0.25, 0.3) is 0 Å². The molecule has 1 aromatic rings. The molecular formula is C16H27N3O3. The number of hydrogen-bond donors (Lipinski definition) is 0. The molecule has 2 atom stereocenters. The second-order valence-corrected chi connectivity index (χ2v) is 6.97. The van der Waals surface area contributed by atoms with E-state index in [1.807, 2.05) is 13.8 Å². The zero-order valence-electron chi connectivity index (χ0n) is 14.3. The molecule has 0 aliphatic carbocycles. The highest BCUT2D eigenvalue weighted by Gasteiger charge is 2.32. The summed E-state index contributed by atoms with van der Waals surface area (Å²) in [7, 11) is 0. The number of carbonyl (C=O) groups is 1. The second-order valence-electron chi connectivity index (χ2n) is 6.97. The van der Waals surface area contributed by atoms with Crippen LogP contribution in [0.15, 0.2) is 4.52 Å². The van der Waals surface area contributed by atoms with E-state index in [-0.39, 0.29) is 23.3 Å². The lowest BCUT2D eigenvalue weighted by atomic mass is 9.96. The molecule has 0 bridgehead atoms. The summed E-state index contributed by atoms with van der Waals surface area (Å²) in [6.45, 7) is 12.1. The predicted molar refractivity (Wildman–Crippen MR) is 82.3 cm³/mol. The molecule has 124 valence electrons. The number of likely N-dealkylation sites (tertiary alicyclic amines) is 1. The first kappa shape index (κ1) is 16.9. The third-order valence-corrected chi connectivity index (χ3v) is 4.09. The van der Waals surface area contributed by atoms with Crippen molar-refractivity contribution in [3.8, 4) is 0 Å². The van der Waals surface area contributed by atoms with Crippen molar-refractivity contribution in [1.82, 2.24) is 15.0 Å². The predicted octanol–water partition coefficient (Wildman–Crippen LogP) is 2.70. The fourth-order valence-corrected chi connectivity index (χ4v) is 2.68. The van der Waals surface area contributed by atoms with E-state index in [9.17, 15) is 4.79 Å². The van der Waals surface area contributed by atoms with Crippen molar-refractivity contribution >= 4 is 5.97 Å². The number of nitrogens with zero attached hydrogens (tertiary/aromatic N) is 3. The summed E-state index contributed by atoms with van der Waals surface area (Å²) in [5.74, 6) is 1.18. The van der Waals surface area contributed by atoms with Gasteiger partial charge in [0.2, 0.25) is 5.89 Å². The number of rotatable bonds is 4. The minimum Gasteiger partial charge on any atom is -0.466 e. The van der Waals surface area contributed by atoms with Gasteiger partial charge >= 0.3 is 5.97 Å². The molecule has 1 aromatic heterocycles. The summed E-state index contributed by atoms with van der Waals surface area (Å²) < 4.78 is 10.6. The molecule has 1 aliphatic heterocycles. The van der Waals surface area contributed by atoms with Gasteiger partial charge in [-0.05, 0) is 33.2 Å². The lowest BCUT2D eigenvalue weighted by molar-refractivity contribution is -0.150. The largest absolute Gasteiger partial charge is 0.466 e. The lowest BCUT2D eigenvalue weighted by Gasteiger charge is -2.34. The van der Waals surface area contributed by atoms with E-state index in [2.05, 4.69) is 35.8 Å². The molecule has 1 aliphatic rings. The van der Waals surface area contributed by atoms with Crippen molar-refractivity contribution < 1.29 is 14.1 Å². The molecule has 0 saturated carbocycles. The molecule has 6 heteroatoms. The Morgan fingerprint density at radius 3 is 2.82 bits per heavy atom. The Bertz CT molecular complexity index is 507. The Morgan fingerprint density at radius 2 is 2.23 bits per heavy atom. The smallest absolute Gasteiger partial charge is 0.310 e. The van der Waals surface area contributed by atoms with Gasteiger partial charge in [0.05, 0.1) is 18.6 Å². The summed E-state index contributed by atoms with van der Waals surface area (Å²) in [6.07, 6.45) is 1.87. The van der Waals surface area contributed by atoms with Crippen molar-refractivity contribution in [2.45, 2.75) is 58.9 Å². The van der Waals surface area contributed by atoms with E-state index in [0.717, 1.165) is 19.4 Å². The van der Waals surface area contributed by atoms with E-state index < -0.39 is 0 Å².